The monoisotopic (exact) mass is 263 g/mol. The maximum Gasteiger partial charge on any atom is 0.235 e. The minimum atomic E-state index is 0.209. The Morgan fingerprint density at radius 1 is 1.32 bits per heavy atom. The number of morpholine rings is 1. The van der Waals surface area contributed by atoms with Gasteiger partial charge < -0.3 is 19.1 Å². The number of aromatic nitrogens is 2. The van der Waals surface area contributed by atoms with E-state index in [1.165, 1.54) is 0 Å². The lowest BCUT2D eigenvalue weighted by atomic mass is 10.3. The summed E-state index contributed by atoms with van der Waals surface area (Å²) < 4.78 is 17.4. The van der Waals surface area contributed by atoms with Crippen molar-refractivity contribution in [3.63, 3.8) is 0 Å². The highest BCUT2D eigenvalue weighted by Gasteiger charge is 2.12. The molecule has 19 heavy (non-hydrogen) atoms. The van der Waals surface area contributed by atoms with Gasteiger partial charge in [-0.25, -0.2) is 4.52 Å². The second-order valence-electron chi connectivity index (χ2n) is 4.39. The van der Waals surface area contributed by atoms with Crippen molar-refractivity contribution in [3.05, 3.63) is 24.4 Å². The Hall–Kier alpha value is -1.79. The smallest absolute Gasteiger partial charge is 0.235 e. The van der Waals surface area contributed by atoms with Gasteiger partial charge >= 0.3 is 0 Å². The average Bonchev–Trinajstić information content (AvgIpc) is 2.87. The molecule has 6 nitrogen and oxygen atoms in total. The molecule has 0 aromatic carbocycles. The van der Waals surface area contributed by atoms with Gasteiger partial charge in [-0.05, 0) is 12.1 Å². The largest absolute Gasteiger partial charge is 0.449 e. The van der Waals surface area contributed by atoms with Crippen LogP contribution in [0.1, 0.15) is 0 Å². The Balaban J connectivity index is 1.83. The second kappa shape index (κ2) is 5.46. The van der Waals surface area contributed by atoms with Crippen molar-refractivity contribution in [1.29, 1.82) is 0 Å². The summed E-state index contributed by atoms with van der Waals surface area (Å²) in [5.74, 6) is 0.570. The molecule has 1 saturated heterocycles. The van der Waals surface area contributed by atoms with Crippen LogP contribution in [-0.4, -0.2) is 49.8 Å². The predicted octanol–water partition coefficient (Wildman–Crippen LogP) is 1.15. The van der Waals surface area contributed by atoms with E-state index in [0.29, 0.717) is 5.88 Å². The first-order valence-corrected chi connectivity index (χ1v) is 6.31. The lowest BCUT2D eigenvalue weighted by Gasteiger charge is -2.28. The topological polar surface area (TPSA) is 48.2 Å². The van der Waals surface area contributed by atoms with Crippen molar-refractivity contribution in [2.24, 2.45) is 0 Å². The second-order valence-corrected chi connectivity index (χ2v) is 4.39. The van der Waals surface area contributed by atoms with Crippen molar-refractivity contribution >= 4 is 11.2 Å². The van der Waals surface area contributed by atoms with E-state index in [2.05, 4.69) is 16.1 Å². The zero-order valence-electron chi connectivity index (χ0n) is 10.9. The van der Waals surface area contributed by atoms with Gasteiger partial charge in [0.2, 0.25) is 5.88 Å². The highest BCUT2D eigenvalue weighted by Crippen LogP contribution is 2.20. The summed E-state index contributed by atoms with van der Waals surface area (Å²) in [7, 11) is 1.59. The van der Waals surface area contributed by atoms with E-state index in [1.807, 2.05) is 22.8 Å². The number of hydrogen-bond donors (Lipinski definition) is 0. The van der Waals surface area contributed by atoms with E-state index in [9.17, 15) is 0 Å². The van der Waals surface area contributed by atoms with Crippen LogP contribution in [0, 0.1) is 0 Å². The van der Waals surface area contributed by atoms with Crippen LogP contribution < -0.4 is 9.64 Å². The molecule has 0 spiro atoms. The van der Waals surface area contributed by atoms with E-state index >= 15 is 0 Å². The molecule has 2 aromatic heterocycles. The van der Waals surface area contributed by atoms with Crippen molar-refractivity contribution in [3.8, 4) is 5.88 Å². The van der Waals surface area contributed by atoms with Crippen molar-refractivity contribution in [2.45, 2.75) is 0 Å². The van der Waals surface area contributed by atoms with E-state index in [4.69, 9.17) is 14.2 Å². The fraction of sp³-hybridized carbons (Fsp3) is 0.462. The van der Waals surface area contributed by atoms with Crippen LogP contribution in [-0.2, 0) is 9.47 Å². The molecule has 0 atom stereocenters. The zero-order valence-corrected chi connectivity index (χ0v) is 10.9. The molecule has 1 aliphatic heterocycles. The van der Waals surface area contributed by atoms with Gasteiger partial charge in [0, 0.05) is 26.3 Å². The molecule has 102 valence electrons. The first-order chi connectivity index (χ1) is 9.36. The first kappa shape index (κ1) is 12.3. The number of rotatable bonds is 4. The third-order valence-electron chi connectivity index (χ3n) is 3.12. The molecule has 0 bridgehead atoms. The van der Waals surface area contributed by atoms with Gasteiger partial charge in [0.1, 0.15) is 0 Å². The molecule has 3 heterocycles. The minimum Gasteiger partial charge on any atom is -0.449 e. The molecule has 0 radical (unpaired) electrons. The lowest BCUT2D eigenvalue weighted by Crippen LogP contribution is -2.36. The molecule has 0 amide bonds. The SMILES string of the molecule is COCOc1cc2ccc(N3CCOCC3)cn2n1. The van der Waals surface area contributed by atoms with Crippen molar-refractivity contribution < 1.29 is 14.2 Å². The standard InChI is InChI=1S/C13H17N3O3/c1-17-10-19-13-8-11-2-3-12(9-16(11)14-13)15-4-6-18-7-5-15/h2-3,8-9H,4-7,10H2,1H3. The first-order valence-electron chi connectivity index (χ1n) is 6.31. The Kier molecular flexibility index (Phi) is 3.52. The van der Waals surface area contributed by atoms with Gasteiger partial charge in [-0.1, -0.05) is 0 Å². The van der Waals surface area contributed by atoms with Crippen molar-refractivity contribution in [1.82, 2.24) is 9.61 Å². The molecular formula is C13H17N3O3. The highest BCUT2D eigenvalue weighted by molar-refractivity contribution is 5.56. The van der Waals surface area contributed by atoms with Gasteiger partial charge in [-0.2, -0.15) is 0 Å². The van der Waals surface area contributed by atoms with E-state index in [1.54, 1.807) is 7.11 Å². The summed E-state index contributed by atoms with van der Waals surface area (Å²) >= 11 is 0. The van der Waals surface area contributed by atoms with E-state index in [0.717, 1.165) is 37.5 Å². The van der Waals surface area contributed by atoms with Gasteiger partial charge in [0.25, 0.3) is 0 Å². The molecule has 0 saturated carbocycles. The summed E-state index contributed by atoms with van der Waals surface area (Å²) in [6, 6.07) is 6.03. The Labute approximate surface area is 111 Å². The van der Waals surface area contributed by atoms with Gasteiger partial charge in [0.15, 0.2) is 6.79 Å². The zero-order chi connectivity index (χ0) is 13.1. The summed E-state index contributed by atoms with van der Waals surface area (Å²) in [6.45, 7) is 3.60. The number of nitrogens with zero attached hydrogens (tertiary/aromatic N) is 3. The van der Waals surface area contributed by atoms with Crippen LogP contribution in [0.4, 0.5) is 5.69 Å². The molecule has 3 rings (SSSR count). The fourth-order valence-corrected chi connectivity index (χ4v) is 2.15. The minimum absolute atomic E-state index is 0.209. The quantitative estimate of drug-likeness (QED) is 0.775. The number of pyridine rings is 1. The van der Waals surface area contributed by atoms with Gasteiger partial charge in [0.05, 0.1) is 30.6 Å². The Morgan fingerprint density at radius 2 is 2.16 bits per heavy atom. The number of methoxy groups -OCH3 is 1. The summed E-state index contributed by atoms with van der Waals surface area (Å²) in [4.78, 5) is 2.29. The maximum atomic E-state index is 5.36. The molecule has 2 aromatic rings. The molecule has 0 N–H and O–H groups in total. The predicted molar refractivity (Wildman–Crippen MR) is 70.7 cm³/mol. The van der Waals surface area contributed by atoms with Crippen LogP contribution >= 0.6 is 0 Å². The molecule has 1 fully saturated rings. The van der Waals surface area contributed by atoms with Gasteiger partial charge in [-0.15, -0.1) is 5.10 Å². The summed E-state index contributed by atoms with van der Waals surface area (Å²) in [6.07, 6.45) is 2.01. The number of fused-ring (bicyclic) bond motifs is 1. The van der Waals surface area contributed by atoms with Gasteiger partial charge in [-0.3, -0.25) is 0 Å². The van der Waals surface area contributed by atoms with Crippen LogP contribution in [0.15, 0.2) is 24.4 Å². The average molecular weight is 263 g/mol. The molecule has 6 heteroatoms. The molecular weight excluding hydrogens is 246 g/mol. The normalized spacial score (nSPS) is 15.9. The molecule has 0 aliphatic carbocycles. The molecule has 0 unspecified atom stereocenters. The Bertz CT molecular complexity index is 549. The van der Waals surface area contributed by atoms with Crippen LogP contribution in [0.2, 0.25) is 0 Å². The third-order valence-corrected chi connectivity index (χ3v) is 3.12. The molecule has 1 aliphatic rings. The van der Waals surface area contributed by atoms with Crippen LogP contribution in [0.5, 0.6) is 5.88 Å². The van der Waals surface area contributed by atoms with Crippen molar-refractivity contribution in [2.75, 3.05) is 45.1 Å². The third kappa shape index (κ3) is 2.64. The summed E-state index contributed by atoms with van der Waals surface area (Å²) in [5.41, 5.74) is 2.15. The highest BCUT2D eigenvalue weighted by atomic mass is 16.7. The number of ether oxygens (including phenoxy) is 3. The number of hydrogen-bond acceptors (Lipinski definition) is 5. The fourth-order valence-electron chi connectivity index (χ4n) is 2.15. The maximum absolute atomic E-state index is 5.36. The van der Waals surface area contributed by atoms with E-state index in [-0.39, 0.29) is 6.79 Å². The van der Waals surface area contributed by atoms with Crippen LogP contribution in [0.3, 0.4) is 0 Å². The number of anilines is 1. The summed E-state index contributed by atoms with van der Waals surface area (Å²) in [5, 5.41) is 4.36. The lowest BCUT2D eigenvalue weighted by molar-refractivity contribution is 0.0476. The van der Waals surface area contributed by atoms with Crippen LogP contribution in [0.25, 0.3) is 5.52 Å². The Morgan fingerprint density at radius 3 is 2.95 bits per heavy atom. The van der Waals surface area contributed by atoms with E-state index < -0.39 is 0 Å².